The van der Waals surface area contributed by atoms with Crippen molar-refractivity contribution in [3.8, 4) is 0 Å². The van der Waals surface area contributed by atoms with Crippen molar-refractivity contribution in [2.45, 2.75) is 194 Å². The Kier molecular flexibility index (Phi) is 29.8. The molecule has 0 aliphatic heterocycles. The Morgan fingerprint density at radius 3 is 0.714 bits per heavy atom. The SMILES string of the molecule is CCCCCCCCCCCCCCCC(CS)(CS)CCCCCCCCCCCCCCC. The van der Waals surface area contributed by atoms with Gasteiger partial charge in [0, 0.05) is 0 Å². The molecule has 0 aromatic carbocycles. The van der Waals surface area contributed by atoms with Gasteiger partial charge in [-0.3, -0.25) is 0 Å². The summed E-state index contributed by atoms with van der Waals surface area (Å²) in [5.74, 6) is 2.04. The van der Waals surface area contributed by atoms with E-state index >= 15 is 0 Å². The molecule has 0 nitrogen and oxygen atoms in total. The molecule has 212 valence electrons. The summed E-state index contributed by atoms with van der Waals surface area (Å²) in [5, 5.41) is 0. The van der Waals surface area contributed by atoms with E-state index in [2.05, 4.69) is 13.8 Å². The molecule has 0 amide bonds. The predicted molar refractivity (Wildman–Crippen MR) is 171 cm³/mol. The van der Waals surface area contributed by atoms with Gasteiger partial charge in [-0.05, 0) is 29.8 Å². The maximum absolute atomic E-state index is 4.77. The van der Waals surface area contributed by atoms with Crippen LogP contribution in [0, 0.1) is 5.41 Å². The van der Waals surface area contributed by atoms with Crippen LogP contribution in [-0.2, 0) is 0 Å². The van der Waals surface area contributed by atoms with Gasteiger partial charge in [-0.1, -0.05) is 181 Å². The number of hydrogen-bond acceptors (Lipinski definition) is 2. The van der Waals surface area contributed by atoms with Gasteiger partial charge in [0.1, 0.15) is 0 Å². The number of hydrogen-bond donors (Lipinski definition) is 2. The fraction of sp³-hybridized carbons (Fsp3) is 1.00. The van der Waals surface area contributed by atoms with Gasteiger partial charge >= 0.3 is 0 Å². The Hall–Kier alpha value is 0.700. The van der Waals surface area contributed by atoms with E-state index in [1.165, 1.54) is 180 Å². The first kappa shape index (κ1) is 35.7. The lowest BCUT2D eigenvalue weighted by atomic mass is 9.81. The zero-order chi connectivity index (χ0) is 25.7. The summed E-state index contributed by atoms with van der Waals surface area (Å²) in [4.78, 5) is 0. The van der Waals surface area contributed by atoms with E-state index in [1.807, 2.05) is 0 Å². The molecule has 0 rings (SSSR count). The first-order valence-electron chi connectivity index (χ1n) is 16.5. The minimum Gasteiger partial charge on any atom is -0.179 e. The Labute approximate surface area is 235 Å². The highest BCUT2D eigenvalue weighted by Gasteiger charge is 2.25. The third-order valence-corrected chi connectivity index (χ3v) is 9.63. The summed E-state index contributed by atoms with van der Waals surface area (Å²) in [7, 11) is 0. The molecule has 0 spiro atoms. The van der Waals surface area contributed by atoms with Gasteiger partial charge in [-0.2, -0.15) is 25.3 Å². The second-order valence-corrected chi connectivity index (χ2v) is 12.4. The standard InChI is InChI=1S/C33H68S2/c1-3-5-7-9-11-13-15-17-19-21-23-25-27-29-33(31-34,32-35)30-28-26-24-22-20-18-16-14-12-10-8-6-4-2/h34-35H,3-32H2,1-2H3. The van der Waals surface area contributed by atoms with Crippen molar-refractivity contribution in [1.29, 1.82) is 0 Å². The molecule has 0 aliphatic rings. The zero-order valence-electron chi connectivity index (χ0n) is 24.6. The molecule has 0 atom stereocenters. The monoisotopic (exact) mass is 528 g/mol. The van der Waals surface area contributed by atoms with Crippen LogP contribution in [0.2, 0.25) is 0 Å². The molecule has 0 aromatic rings. The molecular weight excluding hydrogens is 460 g/mol. The molecule has 0 saturated carbocycles. The molecule has 0 fully saturated rings. The van der Waals surface area contributed by atoms with Gasteiger partial charge in [0.05, 0.1) is 0 Å². The lowest BCUT2D eigenvalue weighted by molar-refractivity contribution is 0.298. The lowest BCUT2D eigenvalue weighted by Crippen LogP contribution is -2.25. The Morgan fingerprint density at radius 2 is 0.514 bits per heavy atom. The molecule has 0 radical (unpaired) electrons. The van der Waals surface area contributed by atoms with Crippen molar-refractivity contribution in [2.75, 3.05) is 11.5 Å². The molecule has 0 N–H and O–H groups in total. The van der Waals surface area contributed by atoms with Gasteiger partial charge in [0.15, 0.2) is 0 Å². The summed E-state index contributed by atoms with van der Waals surface area (Å²) in [6, 6.07) is 0. The summed E-state index contributed by atoms with van der Waals surface area (Å²) in [5.41, 5.74) is 0.391. The first-order valence-corrected chi connectivity index (χ1v) is 17.7. The molecule has 0 saturated heterocycles. The minimum absolute atomic E-state index is 0.391. The van der Waals surface area contributed by atoms with Crippen LogP contribution in [0.15, 0.2) is 0 Å². The van der Waals surface area contributed by atoms with Crippen molar-refractivity contribution in [2.24, 2.45) is 5.41 Å². The summed E-state index contributed by atoms with van der Waals surface area (Å²) in [6.07, 6.45) is 40.1. The molecule has 0 aromatic heterocycles. The summed E-state index contributed by atoms with van der Waals surface area (Å²) >= 11 is 9.54. The molecule has 0 aliphatic carbocycles. The third-order valence-electron chi connectivity index (χ3n) is 8.29. The summed E-state index contributed by atoms with van der Waals surface area (Å²) in [6.45, 7) is 4.61. The first-order chi connectivity index (χ1) is 17.2. The molecule has 35 heavy (non-hydrogen) atoms. The number of thiol groups is 2. The average Bonchev–Trinajstić information content (AvgIpc) is 2.88. The molecule has 0 bridgehead atoms. The van der Waals surface area contributed by atoms with Gasteiger partial charge in [0.2, 0.25) is 0 Å². The van der Waals surface area contributed by atoms with Gasteiger partial charge in [-0.15, -0.1) is 0 Å². The van der Waals surface area contributed by atoms with Crippen molar-refractivity contribution in [3.05, 3.63) is 0 Å². The van der Waals surface area contributed by atoms with Crippen LogP contribution in [0.4, 0.5) is 0 Å². The molecule has 0 unspecified atom stereocenters. The fourth-order valence-electron chi connectivity index (χ4n) is 5.53. The van der Waals surface area contributed by atoms with Gasteiger partial charge in [0.25, 0.3) is 0 Å². The van der Waals surface area contributed by atoms with E-state index in [-0.39, 0.29) is 0 Å². The second-order valence-electron chi connectivity index (χ2n) is 11.8. The van der Waals surface area contributed by atoms with E-state index in [1.54, 1.807) is 0 Å². The highest BCUT2D eigenvalue weighted by Crippen LogP contribution is 2.34. The van der Waals surface area contributed by atoms with Crippen LogP contribution in [0.25, 0.3) is 0 Å². The highest BCUT2D eigenvalue weighted by atomic mass is 32.1. The van der Waals surface area contributed by atoms with Gasteiger partial charge < -0.3 is 0 Å². The van der Waals surface area contributed by atoms with Crippen LogP contribution < -0.4 is 0 Å². The quantitative estimate of drug-likeness (QED) is 0.0672. The van der Waals surface area contributed by atoms with E-state index in [0.29, 0.717) is 5.41 Å². The van der Waals surface area contributed by atoms with Crippen molar-refractivity contribution in [3.63, 3.8) is 0 Å². The largest absolute Gasteiger partial charge is 0.179 e. The van der Waals surface area contributed by atoms with Crippen LogP contribution in [0.1, 0.15) is 194 Å². The zero-order valence-corrected chi connectivity index (χ0v) is 26.4. The number of unbranched alkanes of at least 4 members (excludes halogenated alkanes) is 24. The molecule has 0 heterocycles. The Bertz CT molecular complexity index is 345. The van der Waals surface area contributed by atoms with Gasteiger partial charge in [-0.25, -0.2) is 0 Å². The summed E-state index contributed by atoms with van der Waals surface area (Å²) < 4.78 is 0. The number of rotatable bonds is 30. The van der Waals surface area contributed by atoms with E-state index in [0.717, 1.165) is 11.5 Å². The van der Waals surface area contributed by atoms with Crippen LogP contribution in [0.3, 0.4) is 0 Å². The molecule has 2 heteroatoms. The van der Waals surface area contributed by atoms with Crippen LogP contribution in [-0.4, -0.2) is 11.5 Å². The van der Waals surface area contributed by atoms with Crippen molar-refractivity contribution >= 4 is 25.3 Å². The molecular formula is C33H68S2. The van der Waals surface area contributed by atoms with E-state index in [9.17, 15) is 0 Å². The smallest absolute Gasteiger partial charge is 0.00334 e. The van der Waals surface area contributed by atoms with Crippen LogP contribution >= 0.6 is 25.3 Å². The van der Waals surface area contributed by atoms with Crippen molar-refractivity contribution < 1.29 is 0 Å². The second kappa shape index (κ2) is 29.3. The minimum atomic E-state index is 0.391. The Morgan fingerprint density at radius 1 is 0.314 bits per heavy atom. The predicted octanol–water partition coefficient (Wildman–Crippen LogP) is 12.8. The average molecular weight is 529 g/mol. The normalized spacial score (nSPS) is 12.0. The van der Waals surface area contributed by atoms with Crippen molar-refractivity contribution in [1.82, 2.24) is 0 Å². The maximum Gasteiger partial charge on any atom is -0.00334 e. The lowest BCUT2D eigenvalue weighted by Gasteiger charge is -2.31. The maximum atomic E-state index is 4.77. The topological polar surface area (TPSA) is 0 Å². The highest BCUT2D eigenvalue weighted by molar-refractivity contribution is 7.81. The third kappa shape index (κ3) is 24.8. The van der Waals surface area contributed by atoms with Crippen LogP contribution in [0.5, 0.6) is 0 Å². The van der Waals surface area contributed by atoms with E-state index in [4.69, 9.17) is 25.3 Å². The van der Waals surface area contributed by atoms with E-state index < -0.39 is 0 Å². The Balaban J connectivity index is 3.56. The fourth-order valence-corrected chi connectivity index (χ4v) is 6.56.